The highest BCUT2D eigenvalue weighted by molar-refractivity contribution is 6.17. The molecule has 0 aromatic heterocycles. The number of nitrogens with zero attached hydrogens (tertiary/aromatic N) is 1. The Bertz CT molecular complexity index is 953. The number of ether oxygens (including phenoxy) is 3. The van der Waals surface area contributed by atoms with Crippen LogP contribution in [0, 0.1) is 0 Å². The lowest BCUT2D eigenvalue weighted by atomic mass is 9.92. The van der Waals surface area contributed by atoms with Gasteiger partial charge in [-0.1, -0.05) is 30.3 Å². The summed E-state index contributed by atoms with van der Waals surface area (Å²) in [5, 5.41) is 2.74. The van der Waals surface area contributed by atoms with Gasteiger partial charge < -0.3 is 19.5 Å². The van der Waals surface area contributed by atoms with E-state index in [2.05, 4.69) is 5.32 Å². The molecule has 8 heteroatoms. The first kappa shape index (κ1) is 22.1. The number of nitrogens with one attached hydrogen (secondary N) is 1. The van der Waals surface area contributed by atoms with Crippen LogP contribution in [0.4, 0.5) is 4.79 Å². The minimum Gasteiger partial charge on any atom is -0.497 e. The SMILES string of the molecule is COc1cc(CNC(=O)[C@@]2(Cc3ccccc3)OC(=O)N(C(C)C)C2=O)cc(OC)c1. The second-order valence-corrected chi connectivity index (χ2v) is 7.53. The summed E-state index contributed by atoms with van der Waals surface area (Å²) in [5.41, 5.74) is -0.560. The van der Waals surface area contributed by atoms with Crippen molar-refractivity contribution in [3.8, 4) is 11.5 Å². The predicted molar refractivity (Wildman–Crippen MR) is 113 cm³/mol. The molecule has 3 rings (SSSR count). The molecular weight excluding hydrogens is 400 g/mol. The second-order valence-electron chi connectivity index (χ2n) is 7.53. The lowest BCUT2D eigenvalue weighted by Crippen LogP contribution is -2.55. The first-order valence-corrected chi connectivity index (χ1v) is 9.91. The summed E-state index contributed by atoms with van der Waals surface area (Å²) in [7, 11) is 3.06. The molecule has 164 valence electrons. The molecule has 0 spiro atoms. The minimum absolute atomic E-state index is 0.0606. The van der Waals surface area contributed by atoms with Gasteiger partial charge in [0.05, 0.1) is 14.2 Å². The lowest BCUT2D eigenvalue weighted by molar-refractivity contribution is -0.150. The van der Waals surface area contributed by atoms with Crippen LogP contribution in [-0.2, 0) is 27.3 Å². The van der Waals surface area contributed by atoms with Gasteiger partial charge in [-0.25, -0.2) is 9.69 Å². The van der Waals surface area contributed by atoms with E-state index in [9.17, 15) is 14.4 Å². The Hall–Kier alpha value is -3.55. The van der Waals surface area contributed by atoms with Crippen LogP contribution in [0.15, 0.2) is 48.5 Å². The zero-order valence-electron chi connectivity index (χ0n) is 18.0. The van der Waals surface area contributed by atoms with Gasteiger partial charge in [-0.15, -0.1) is 0 Å². The number of cyclic esters (lactones) is 1. The Balaban J connectivity index is 1.89. The van der Waals surface area contributed by atoms with Crippen molar-refractivity contribution in [3.05, 3.63) is 59.7 Å². The van der Waals surface area contributed by atoms with Gasteiger partial charge >= 0.3 is 6.09 Å². The molecule has 0 bridgehead atoms. The van der Waals surface area contributed by atoms with Gasteiger partial charge in [0.15, 0.2) is 0 Å². The van der Waals surface area contributed by atoms with E-state index in [1.54, 1.807) is 56.3 Å². The van der Waals surface area contributed by atoms with Gasteiger partial charge in [-0.05, 0) is 37.1 Å². The van der Waals surface area contributed by atoms with E-state index in [0.717, 1.165) is 4.90 Å². The van der Waals surface area contributed by atoms with Crippen LogP contribution < -0.4 is 14.8 Å². The van der Waals surface area contributed by atoms with Gasteiger partial charge in [0.2, 0.25) is 0 Å². The van der Waals surface area contributed by atoms with Crippen LogP contribution in [0.5, 0.6) is 11.5 Å². The van der Waals surface area contributed by atoms with Crippen molar-refractivity contribution in [1.29, 1.82) is 0 Å². The third kappa shape index (κ3) is 4.47. The van der Waals surface area contributed by atoms with Gasteiger partial charge in [-0.3, -0.25) is 9.59 Å². The first-order valence-electron chi connectivity index (χ1n) is 9.91. The fourth-order valence-electron chi connectivity index (χ4n) is 3.48. The molecule has 0 radical (unpaired) electrons. The van der Waals surface area contributed by atoms with Crippen LogP contribution in [0.3, 0.4) is 0 Å². The Morgan fingerprint density at radius 1 is 1.03 bits per heavy atom. The van der Waals surface area contributed by atoms with Crippen LogP contribution in [0.25, 0.3) is 0 Å². The highest BCUT2D eigenvalue weighted by atomic mass is 16.6. The molecule has 0 saturated carbocycles. The molecule has 3 amide bonds. The highest BCUT2D eigenvalue weighted by Gasteiger charge is 2.59. The number of imide groups is 1. The molecule has 1 saturated heterocycles. The van der Waals surface area contributed by atoms with E-state index < -0.39 is 29.6 Å². The van der Waals surface area contributed by atoms with Crippen molar-refractivity contribution >= 4 is 17.9 Å². The molecule has 1 aliphatic rings. The Morgan fingerprint density at radius 2 is 1.65 bits per heavy atom. The average Bonchev–Trinajstić information content (AvgIpc) is 3.02. The molecule has 2 aromatic rings. The van der Waals surface area contributed by atoms with E-state index in [1.165, 1.54) is 14.2 Å². The third-order valence-electron chi connectivity index (χ3n) is 5.07. The van der Waals surface area contributed by atoms with Crippen molar-refractivity contribution in [2.24, 2.45) is 0 Å². The first-order chi connectivity index (χ1) is 14.8. The standard InChI is InChI=1S/C23H26N2O6/c1-15(2)25-21(27)23(31-22(25)28,13-16-8-6-5-7-9-16)20(26)24-14-17-10-18(29-3)12-19(11-17)30-4/h5-12,15H,13-14H2,1-4H3,(H,24,26)/t23-/m1/s1. The van der Waals surface area contributed by atoms with Crippen molar-refractivity contribution in [3.63, 3.8) is 0 Å². The maximum atomic E-state index is 13.3. The third-order valence-corrected chi connectivity index (χ3v) is 5.07. The molecule has 1 fully saturated rings. The Kier molecular flexibility index (Phi) is 6.48. The normalized spacial score (nSPS) is 18.2. The van der Waals surface area contributed by atoms with Gasteiger partial charge in [0.1, 0.15) is 11.5 Å². The molecule has 31 heavy (non-hydrogen) atoms. The number of methoxy groups -OCH3 is 2. The summed E-state index contributed by atoms with van der Waals surface area (Å²) in [5.74, 6) is -0.217. The lowest BCUT2D eigenvalue weighted by Gasteiger charge is -2.25. The fourth-order valence-corrected chi connectivity index (χ4v) is 3.48. The van der Waals surface area contributed by atoms with Crippen molar-refractivity contribution in [2.45, 2.75) is 38.5 Å². The van der Waals surface area contributed by atoms with E-state index in [4.69, 9.17) is 14.2 Å². The molecule has 1 atom stereocenters. The molecule has 2 aromatic carbocycles. The summed E-state index contributed by atoms with van der Waals surface area (Å²) in [6.45, 7) is 3.48. The molecule has 8 nitrogen and oxygen atoms in total. The minimum atomic E-state index is -1.97. The zero-order chi connectivity index (χ0) is 22.6. The quantitative estimate of drug-likeness (QED) is 0.653. The molecule has 0 aliphatic carbocycles. The number of amides is 3. The summed E-state index contributed by atoms with van der Waals surface area (Å²) >= 11 is 0. The second kappa shape index (κ2) is 9.07. The molecule has 1 heterocycles. The van der Waals surface area contributed by atoms with Crippen molar-refractivity contribution in [1.82, 2.24) is 10.2 Å². The number of rotatable bonds is 8. The number of benzene rings is 2. The maximum Gasteiger partial charge on any atom is 0.418 e. The largest absolute Gasteiger partial charge is 0.497 e. The van der Waals surface area contributed by atoms with Crippen molar-refractivity contribution in [2.75, 3.05) is 14.2 Å². The van der Waals surface area contributed by atoms with Crippen LogP contribution in [0.1, 0.15) is 25.0 Å². The average molecular weight is 426 g/mol. The van der Waals surface area contributed by atoms with Crippen LogP contribution in [-0.4, -0.2) is 48.7 Å². The summed E-state index contributed by atoms with van der Waals surface area (Å²) in [4.78, 5) is 39.9. The van der Waals surface area contributed by atoms with Crippen LogP contribution in [0.2, 0.25) is 0 Å². The smallest absolute Gasteiger partial charge is 0.418 e. The summed E-state index contributed by atoms with van der Waals surface area (Å²) in [6, 6.07) is 13.7. The van der Waals surface area contributed by atoms with E-state index in [0.29, 0.717) is 22.6 Å². The zero-order valence-corrected chi connectivity index (χ0v) is 18.0. The summed E-state index contributed by atoms with van der Waals surface area (Å²) in [6.07, 6.45) is -0.885. The van der Waals surface area contributed by atoms with E-state index in [-0.39, 0.29) is 13.0 Å². The summed E-state index contributed by atoms with van der Waals surface area (Å²) < 4.78 is 16.0. The molecular formula is C23H26N2O6. The molecule has 1 aliphatic heterocycles. The van der Waals surface area contributed by atoms with Crippen LogP contribution >= 0.6 is 0 Å². The Labute approximate surface area is 181 Å². The number of hydrogen-bond acceptors (Lipinski definition) is 6. The predicted octanol–water partition coefficient (Wildman–Crippen LogP) is 2.69. The van der Waals surface area contributed by atoms with E-state index >= 15 is 0 Å². The number of carbonyl (C=O) groups excluding carboxylic acids is 3. The van der Waals surface area contributed by atoms with Gasteiger partial charge in [0, 0.05) is 25.1 Å². The maximum absolute atomic E-state index is 13.3. The fraction of sp³-hybridized carbons (Fsp3) is 0.348. The Morgan fingerprint density at radius 3 is 2.16 bits per heavy atom. The number of hydrogen-bond donors (Lipinski definition) is 1. The topological polar surface area (TPSA) is 94.2 Å². The molecule has 1 N–H and O–H groups in total. The van der Waals surface area contributed by atoms with Crippen molar-refractivity contribution < 1.29 is 28.6 Å². The van der Waals surface area contributed by atoms with Gasteiger partial charge in [-0.2, -0.15) is 0 Å². The monoisotopic (exact) mass is 426 g/mol. The van der Waals surface area contributed by atoms with E-state index in [1.807, 2.05) is 6.07 Å². The van der Waals surface area contributed by atoms with Gasteiger partial charge in [0.25, 0.3) is 17.4 Å². The number of carbonyl (C=O) groups is 3. The molecule has 0 unspecified atom stereocenters. The highest BCUT2D eigenvalue weighted by Crippen LogP contribution is 2.31.